The number of rotatable bonds is 4. The predicted molar refractivity (Wildman–Crippen MR) is 99.4 cm³/mol. The van der Waals surface area contributed by atoms with Crippen LogP contribution in [-0.4, -0.2) is 18.0 Å². The Bertz CT molecular complexity index is 905. The number of benzene rings is 2. The summed E-state index contributed by atoms with van der Waals surface area (Å²) in [4.78, 5) is 24.9. The molecule has 2 aromatic rings. The first-order valence-electron chi connectivity index (χ1n) is 9.45. The van der Waals surface area contributed by atoms with E-state index in [4.69, 9.17) is 9.47 Å². The van der Waals surface area contributed by atoms with Gasteiger partial charge in [-0.15, -0.1) is 0 Å². The normalized spacial score (nSPS) is 30.3. The number of ether oxygens (including phenoxy) is 2. The number of hydrogen-bond acceptors (Lipinski definition) is 4. The fourth-order valence-corrected chi connectivity index (χ4v) is 4.99. The number of nitrogens with one attached hydrogen (secondary N) is 1. The van der Waals surface area contributed by atoms with Crippen LogP contribution in [0.5, 0.6) is 11.5 Å². The van der Waals surface area contributed by atoms with Crippen molar-refractivity contribution in [3.63, 3.8) is 0 Å². The Morgan fingerprint density at radius 2 is 1.89 bits per heavy atom. The molecule has 5 nitrogen and oxygen atoms in total. The Labute approximate surface area is 157 Å². The highest BCUT2D eigenvalue weighted by Crippen LogP contribution is 2.57. The van der Waals surface area contributed by atoms with Crippen LogP contribution in [-0.2, 0) is 14.3 Å². The van der Waals surface area contributed by atoms with Crippen molar-refractivity contribution in [3.05, 3.63) is 54.1 Å². The second kappa shape index (κ2) is 6.12. The molecule has 1 amide bonds. The van der Waals surface area contributed by atoms with Crippen LogP contribution in [0.15, 0.2) is 48.5 Å². The fourth-order valence-electron chi connectivity index (χ4n) is 4.99. The second-order valence-electron chi connectivity index (χ2n) is 7.80. The fraction of sp³-hybridized carbons (Fsp3) is 0.364. The van der Waals surface area contributed by atoms with Crippen LogP contribution in [0.3, 0.4) is 0 Å². The first-order chi connectivity index (χ1) is 13.1. The van der Waals surface area contributed by atoms with E-state index >= 15 is 0 Å². The summed E-state index contributed by atoms with van der Waals surface area (Å²) in [6.07, 6.45) is 1.81. The number of anilines is 1. The Hall–Kier alpha value is -2.82. The zero-order valence-electron chi connectivity index (χ0n) is 15.1. The van der Waals surface area contributed by atoms with Crippen molar-refractivity contribution < 1.29 is 19.1 Å². The minimum atomic E-state index is -0.260. The molecule has 27 heavy (non-hydrogen) atoms. The third-order valence-corrected chi connectivity index (χ3v) is 6.23. The van der Waals surface area contributed by atoms with Gasteiger partial charge in [-0.1, -0.05) is 18.2 Å². The highest BCUT2D eigenvalue weighted by molar-refractivity contribution is 5.97. The van der Waals surface area contributed by atoms with Gasteiger partial charge in [-0.2, -0.15) is 0 Å². The summed E-state index contributed by atoms with van der Waals surface area (Å²) >= 11 is 0. The summed E-state index contributed by atoms with van der Waals surface area (Å²) < 4.78 is 11.3. The van der Waals surface area contributed by atoms with Gasteiger partial charge in [-0.25, -0.2) is 0 Å². The number of aryl methyl sites for hydroxylation is 1. The van der Waals surface area contributed by atoms with Crippen LogP contribution in [0.1, 0.15) is 18.4 Å². The van der Waals surface area contributed by atoms with E-state index in [1.807, 2.05) is 55.5 Å². The van der Waals surface area contributed by atoms with Crippen LogP contribution in [0.2, 0.25) is 0 Å². The molecule has 3 fully saturated rings. The standard InChI is InChI=1S/C22H21NO4/c1-12-4-2-3-5-17(12)26-15-8-6-14(7-9-15)23-21(24)19-13-10-16-18(11-13)27-22(25)20(16)19/h2-9,13,16,18-20H,10-11H2,1H3,(H,23,24)/t13-,16-,18+,19+,20-/m0/s1. The molecular weight excluding hydrogens is 342 g/mol. The molecule has 2 saturated carbocycles. The molecule has 0 radical (unpaired) electrons. The van der Waals surface area contributed by atoms with E-state index in [1.54, 1.807) is 0 Å². The summed E-state index contributed by atoms with van der Waals surface area (Å²) in [6, 6.07) is 15.2. The van der Waals surface area contributed by atoms with Crippen molar-refractivity contribution in [1.82, 2.24) is 0 Å². The van der Waals surface area contributed by atoms with Gasteiger partial charge in [0.1, 0.15) is 17.6 Å². The summed E-state index contributed by atoms with van der Waals surface area (Å²) in [5.74, 6) is 1.25. The molecule has 2 aromatic carbocycles. The van der Waals surface area contributed by atoms with E-state index < -0.39 is 0 Å². The summed E-state index contributed by atoms with van der Waals surface area (Å²) in [5, 5.41) is 2.97. The lowest BCUT2D eigenvalue weighted by Gasteiger charge is -2.23. The number of amides is 1. The lowest BCUT2D eigenvalue weighted by Crippen LogP contribution is -2.35. The predicted octanol–water partition coefficient (Wildman–Crippen LogP) is 3.92. The van der Waals surface area contributed by atoms with Gasteiger partial charge in [-0.3, -0.25) is 9.59 Å². The van der Waals surface area contributed by atoms with Crippen LogP contribution in [0.25, 0.3) is 0 Å². The second-order valence-corrected chi connectivity index (χ2v) is 7.80. The quantitative estimate of drug-likeness (QED) is 0.836. The monoisotopic (exact) mass is 363 g/mol. The van der Waals surface area contributed by atoms with Gasteiger partial charge >= 0.3 is 5.97 Å². The molecule has 138 valence electrons. The number of para-hydroxylation sites is 1. The SMILES string of the molecule is Cc1ccccc1Oc1ccc(NC(=O)[C@@H]2[C@H]3C[C@@H]4[C@@H]2C(=O)O[C@@H]4C3)cc1. The van der Waals surface area contributed by atoms with Gasteiger partial charge in [-0.05, 0) is 61.6 Å². The smallest absolute Gasteiger partial charge is 0.310 e. The average Bonchev–Trinajstić information content (AvgIpc) is 3.27. The Morgan fingerprint density at radius 1 is 1.11 bits per heavy atom. The van der Waals surface area contributed by atoms with Gasteiger partial charge in [0.15, 0.2) is 0 Å². The average molecular weight is 363 g/mol. The van der Waals surface area contributed by atoms with Crippen molar-refractivity contribution in [2.24, 2.45) is 23.7 Å². The van der Waals surface area contributed by atoms with E-state index in [9.17, 15) is 9.59 Å². The van der Waals surface area contributed by atoms with E-state index in [0.717, 1.165) is 24.2 Å². The Balaban J connectivity index is 1.27. The lowest BCUT2D eigenvalue weighted by molar-refractivity contribution is -0.145. The summed E-state index contributed by atoms with van der Waals surface area (Å²) in [6.45, 7) is 2.00. The number of fused-ring (bicyclic) bond motifs is 1. The number of carbonyl (C=O) groups excluding carboxylic acids is 2. The summed E-state index contributed by atoms with van der Waals surface area (Å²) in [7, 11) is 0. The number of esters is 1. The van der Waals surface area contributed by atoms with Crippen LogP contribution < -0.4 is 10.1 Å². The third kappa shape index (κ3) is 2.69. The van der Waals surface area contributed by atoms with E-state index in [-0.39, 0.29) is 41.7 Å². The maximum absolute atomic E-state index is 12.8. The molecule has 1 aliphatic heterocycles. The molecule has 0 aromatic heterocycles. The Morgan fingerprint density at radius 3 is 2.67 bits per heavy atom. The van der Waals surface area contributed by atoms with Crippen molar-refractivity contribution >= 4 is 17.6 Å². The zero-order chi connectivity index (χ0) is 18.5. The van der Waals surface area contributed by atoms with Gasteiger partial charge < -0.3 is 14.8 Å². The molecule has 0 spiro atoms. The van der Waals surface area contributed by atoms with Crippen LogP contribution in [0.4, 0.5) is 5.69 Å². The van der Waals surface area contributed by atoms with E-state index in [1.165, 1.54) is 0 Å². The molecule has 0 unspecified atom stereocenters. The molecule has 1 saturated heterocycles. The van der Waals surface area contributed by atoms with E-state index in [2.05, 4.69) is 5.32 Å². The van der Waals surface area contributed by atoms with Crippen LogP contribution in [0, 0.1) is 30.6 Å². The molecular formula is C22H21NO4. The molecule has 5 atom stereocenters. The van der Waals surface area contributed by atoms with Gasteiger partial charge in [0.05, 0.1) is 11.8 Å². The minimum absolute atomic E-state index is 0.0504. The molecule has 2 bridgehead atoms. The van der Waals surface area contributed by atoms with Crippen molar-refractivity contribution in [2.75, 3.05) is 5.32 Å². The first kappa shape index (κ1) is 16.4. The molecule has 5 heteroatoms. The topological polar surface area (TPSA) is 64.6 Å². The summed E-state index contributed by atoms with van der Waals surface area (Å²) in [5.41, 5.74) is 1.77. The van der Waals surface area contributed by atoms with Crippen molar-refractivity contribution in [2.45, 2.75) is 25.9 Å². The molecule has 3 aliphatic rings. The zero-order valence-corrected chi connectivity index (χ0v) is 15.1. The van der Waals surface area contributed by atoms with E-state index in [0.29, 0.717) is 11.4 Å². The number of carbonyl (C=O) groups is 2. The van der Waals surface area contributed by atoms with Gasteiger partial charge in [0.25, 0.3) is 0 Å². The highest BCUT2D eigenvalue weighted by atomic mass is 16.6. The highest BCUT2D eigenvalue weighted by Gasteiger charge is 2.63. The van der Waals surface area contributed by atoms with Crippen LogP contribution >= 0.6 is 0 Å². The van der Waals surface area contributed by atoms with Gasteiger partial charge in [0.2, 0.25) is 5.91 Å². The van der Waals surface area contributed by atoms with Crippen molar-refractivity contribution in [1.29, 1.82) is 0 Å². The molecule has 1 heterocycles. The maximum atomic E-state index is 12.8. The first-order valence-corrected chi connectivity index (χ1v) is 9.45. The maximum Gasteiger partial charge on any atom is 0.310 e. The number of hydrogen-bond donors (Lipinski definition) is 1. The lowest BCUT2D eigenvalue weighted by atomic mass is 9.79. The third-order valence-electron chi connectivity index (χ3n) is 6.23. The Kier molecular flexibility index (Phi) is 3.71. The molecule has 5 rings (SSSR count). The van der Waals surface area contributed by atoms with Crippen molar-refractivity contribution in [3.8, 4) is 11.5 Å². The molecule has 1 N–H and O–H groups in total. The molecule has 2 aliphatic carbocycles. The van der Waals surface area contributed by atoms with Gasteiger partial charge in [0, 0.05) is 11.6 Å². The largest absolute Gasteiger partial charge is 0.462 e. The minimum Gasteiger partial charge on any atom is -0.462 e.